The number of Topliss-reactive ketones (excluding diaryl/α,β-unsaturated/α-hetero) is 1. The van der Waals surface area contributed by atoms with Gasteiger partial charge in [-0.2, -0.15) is 0 Å². The lowest BCUT2D eigenvalue weighted by molar-refractivity contribution is -0.150. The van der Waals surface area contributed by atoms with Gasteiger partial charge in [-0.05, 0) is 49.3 Å². The van der Waals surface area contributed by atoms with E-state index in [-0.39, 0.29) is 28.4 Å². The number of hydrogen-bond acceptors (Lipinski definition) is 8. The summed E-state index contributed by atoms with van der Waals surface area (Å²) in [7, 11) is 3.82. The first-order valence-electron chi connectivity index (χ1n) is 9.70. The number of carbonyl (C=O) groups excluding carboxylic acids is 4. The normalized spacial score (nSPS) is 15.0. The second-order valence-corrected chi connectivity index (χ2v) is 6.66. The van der Waals surface area contributed by atoms with Gasteiger partial charge in [0.1, 0.15) is 0 Å². The number of benzene rings is 1. The van der Waals surface area contributed by atoms with E-state index in [0.29, 0.717) is 12.8 Å². The number of rotatable bonds is 9. The number of hydrogen-bond donors (Lipinski definition) is 1. The first kappa shape index (κ1) is 24.3. The van der Waals surface area contributed by atoms with Crippen LogP contribution in [0.15, 0.2) is 59.9 Å². The minimum Gasteiger partial charge on any atom is -0.504 e. The van der Waals surface area contributed by atoms with Crippen molar-refractivity contribution in [1.29, 1.82) is 0 Å². The van der Waals surface area contributed by atoms with E-state index >= 15 is 0 Å². The molecule has 0 saturated heterocycles. The van der Waals surface area contributed by atoms with E-state index in [1.807, 2.05) is 0 Å². The molecule has 1 N–H and O–H groups in total. The fourth-order valence-electron chi connectivity index (χ4n) is 2.97. The molecule has 1 aromatic rings. The fraction of sp³-hybridized carbons (Fsp3) is 0.250. The van der Waals surface area contributed by atoms with Gasteiger partial charge in [0.05, 0.1) is 21.3 Å². The number of methoxy groups -OCH3 is 3. The molecule has 0 heterocycles. The van der Waals surface area contributed by atoms with E-state index in [1.165, 1.54) is 38.5 Å². The van der Waals surface area contributed by atoms with Crippen LogP contribution in [-0.2, 0) is 28.7 Å². The van der Waals surface area contributed by atoms with Gasteiger partial charge < -0.3 is 19.3 Å². The Hall–Kier alpha value is -3.94. The van der Waals surface area contributed by atoms with Crippen molar-refractivity contribution in [3.63, 3.8) is 0 Å². The smallest absolute Gasteiger partial charge is 0.324 e. The number of phenolic OH excluding ortho intramolecular Hbond substituents is 1. The van der Waals surface area contributed by atoms with Crippen molar-refractivity contribution >= 4 is 29.4 Å². The van der Waals surface area contributed by atoms with Gasteiger partial charge >= 0.3 is 5.97 Å². The van der Waals surface area contributed by atoms with Gasteiger partial charge in [0.2, 0.25) is 5.78 Å². The molecule has 8 heteroatoms. The highest BCUT2D eigenvalue weighted by Crippen LogP contribution is 2.30. The molecule has 1 aromatic carbocycles. The summed E-state index contributed by atoms with van der Waals surface area (Å²) in [6.07, 6.45) is 8.99. The predicted octanol–water partition coefficient (Wildman–Crippen LogP) is 2.72. The van der Waals surface area contributed by atoms with Crippen LogP contribution < -0.4 is 4.74 Å². The van der Waals surface area contributed by atoms with Crippen LogP contribution in [0.25, 0.3) is 6.08 Å². The monoisotopic (exact) mass is 440 g/mol. The molecule has 2 rings (SSSR count). The first-order valence-corrected chi connectivity index (χ1v) is 9.70. The van der Waals surface area contributed by atoms with E-state index in [1.54, 1.807) is 18.2 Å². The SMILES string of the molecule is COC(=O)C(C(=O)/C=C/C1=CCCC=C(OC)C1=O)C(=O)/C=C/c1cccc(OC)c1O. The Bertz CT molecular complexity index is 1030. The molecule has 0 amide bonds. The van der Waals surface area contributed by atoms with Gasteiger partial charge in [0.15, 0.2) is 34.7 Å². The van der Waals surface area contributed by atoms with Crippen LogP contribution in [0, 0.1) is 5.92 Å². The zero-order valence-corrected chi connectivity index (χ0v) is 18.0. The van der Waals surface area contributed by atoms with E-state index < -0.39 is 29.2 Å². The molecule has 1 aliphatic carbocycles. The number of allylic oxidation sites excluding steroid dienone is 6. The molecular formula is C24H24O8. The number of para-hydroxylation sites is 1. The summed E-state index contributed by atoms with van der Waals surface area (Å²) in [4.78, 5) is 49.8. The van der Waals surface area contributed by atoms with Gasteiger partial charge in [0.25, 0.3) is 0 Å². The molecule has 1 atom stereocenters. The summed E-state index contributed by atoms with van der Waals surface area (Å²) in [5.41, 5.74) is 0.481. The molecule has 0 aliphatic heterocycles. The second-order valence-electron chi connectivity index (χ2n) is 6.66. The maximum absolute atomic E-state index is 12.7. The molecular weight excluding hydrogens is 416 g/mol. The maximum Gasteiger partial charge on any atom is 0.324 e. The Morgan fingerprint density at radius 3 is 2.25 bits per heavy atom. The van der Waals surface area contributed by atoms with E-state index in [0.717, 1.165) is 19.3 Å². The molecule has 1 aliphatic rings. The summed E-state index contributed by atoms with van der Waals surface area (Å²) < 4.78 is 14.7. The van der Waals surface area contributed by atoms with Crippen molar-refractivity contribution in [2.45, 2.75) is 12.8 Å². The summed E-state index contributed by atoms with van der Waals surface area (Å²) in [5, 5.41) is 10.1. The highest BCUT2D eigenvalue weighted by Gasteiger charge is 2.32. The van der Waals surface area contributed by atoms with Crippen molar-refractivity contribution in [3.05, 3.63) is 65.5 Å². The van der Waals surface area contributed by atoms with Crippen LogP contribution >= 0.6 is 0 Å². The zero-order valence-electron chi connectivity index (χ0n) is 18.0. The van der Waals surface area contributed by atoms with Gasteiger partial charge in [-0.15, -0.1) is 0 Å². The lowest BCUT2D eigenvalue weighted by Gasteiger charge is -2.09. The molecule has 0 bridgehead atoms. The summed E-state index contributed by atoms with van der Waals surface area (Å²) in [5.74, 6) is -4.71. The molecule has 0 aromatic heterocycles. The lowest BCUT2D eigenvalue weighted by Crippen LogP contribution is -2.31. The van der Waals surface area contributed by atoms with Gasteiger partial charge in [-0.25, -0.2) is 0 Å². The number of phenols is 1. The molecule has 1 unspecified atom stereocenters. The lowest BCUT2D eigenvalue weighted by atomic mass is 9.96. The maximum atomic E-state index is 12.7. The third kappa shape index (κ3) is 5.81. The minimum atomic E-state index is -1.75. The molecule has 8 nitrogen and oxygen atoms in total. The molecule has 168 valence electrons. The van der Waals surface area contributed by atoms with E-state index in [4.69, 9.17) is 9.47 Å². The summed E-state index contributed by atoms with van der Waals surface area (Å²) in [6.45, 7) is 0. The van der Waals surface area contributed by atoms with Crippen LogP contribution in [0.4, 0.5) is 0 Å². The van der Waals surface area contributed by atoms with Crippen molar-refractivity contribution in [3.8, 4) is 11.5 Å². The first-order chi connectivity index (χ1) is 15.3. The topological polar surface area (TPSA) is 116 Å². The molecule has 0 fully saturated rings. The van der Waals surface area contributed by atoms with Crippen LogP contribution in [-0.4, -0.2) is 49.8 Å². The summed E-state index contributed by atoms with van der Waals surface area (Å²) >= 11 is 0. The molecule has 0 radical (unpaired) electrons. The van der Waals surface area contributed by atoms with Crippen molar-refractivity contribution in [2.24, 2.45) is 5.92 Å². The largest absolute Gasteiger partial charge is 0.504 e. The minimum absolute atomic E-state index is 0.160. The second kappa shape index (κ2) is 11.5. The number of ketones is 3. The third-order valence-electron chi connectivity index (χ3n) is 4.68. The quantitative estimate of drug-likeness (QED) is 0.354. The number of ether oxygens (including phenoxy) is 3. The average Bonchev–Trinajstić information content (AvgIpc) is 2.97. The van der Waals surface area contributed by atoms with Gasteiger partial charge in [-0.1, -0.05) is 18.2 Å². The van der Waals surface area contributed by atoms with Gasteiger partial charge in [0, 0.05) is 11.1 Å². The molecule has 32 heavy (non-hydrogen) atoms. The predicted molar refractivity (Wildman–Crippen MR) is 116 cm³/mol. The fourth-order valence-corrected chi connectivity index (χ4v) is 2.97. The standard InChI is InChI=1S/C24H24O8/c1-30-19-9-5-4-7-15(22(19)27)11-13-17(25)21(24(29)32-3)18(26)14-12-16-8-6-10-20(31-2)23(16)28/h6-14,21,28H,4-5H2,1-3H3/b13-11+,14-12+. The van der Waals surface area contributed by atoms with Gasteiger partial charge in [-0.3, -0.25) is 19.2 Å². The highest BCUT2D eigenvalue weighted by atomic mass is 16.5. The van der Waals surface area contributed by atoms with Crippen molar-refractivity contribution in [1.82, 2.24) is 0 Å². The van der Waals surface area contributed by atoms with E-state index in [9.17, 15) is 24.3 Å². The van der Waals surface area contributed by atoms with Crippen molar-refractivity contribution in [2.75, 3.05) is 21.3 Å². The van der Waals surface area contributed by atoms with Crippen molar-refractivity contribution < 1.29 is 38.5 Å². The Balaban J connectivity index is 2.25. The molecule has 0 spiro atoms. The third-order valence-corrected chi connectivity index (χ3v) is 4.68. The van der Waals surface area contributed by atoms with Crippen LogP contribution in [0.1, 0.15) is 18.4 Å². The number of carbonyl (C=O) groups is 4. The molecule has 0 saturated carbocycles. The van der Waals surface area contributed by atoms with Crippen LogP contribution in [0.2, 0.25) is 0 Å². The highest BCUT2D eigenvalue weighted by molar-refractivity contribution is 6.24. The van der Waals surface area contributed by atoms with E-state index in [2.05, 4.69) is 4.74 Å². The Morgan fingerprint density at radius 1 is 0.969 bits per heavy atom. The number of aromatic hydroxyl groups is 1. The zero-order chi connectivity index (χ0) is 23.7. The Labute approximate surface area is 185 Å². The average molecular weight is 440 g/mol. The number of esters is 1. The van der Waals surface area contributed by atoms with Crippen LogP contribution in [0.5, 0.6) is 11.5 Å². The summed E-state index contributed by atoms with van der Waals surface area (Å²) in [6, 6.07) is 4.67. The Morgan fingerprint density at radius 2 is 1.62 bits per heavy atom. The van der Waals surface area contributed by atoms with Crippen LogP contribution in [0.3, 0.4) is 0 Å². The Kier molecular flexibility index (Phi) is 8.71.